The van der Waals surface area contributed by atoms with Crippen LogP contribution in [-0.4, -0.2) is 32.9 Å². The first-order chi connectivity index (χ1) is 13.5. The molecule has 7 nitrogen and oxygen atoms in total. The summed E-state index contributed by atoms with van der Waals surface area (Å²) in [4.78, 5) is 23.5. The fourth-order valence-electron chi connectivity index (χ4n) is 3.79. The summed E-state index contributed by atoms with van der Waals surface area (Å²) >= 11 is 0. The number of para-hydroxylation sites is 1. The van der Waals surface area contributed by atoms with Crippen LogP contribution in [-0.2, 0) is 11.2 Å². The Kier molecular flexibility index (Phi) is 6.34. The Labute approximate surface area is 165 Å². The lowest BCUT2D eigenvalue weighted by molar-refractivity contribution is -0.142. The molecule has 0 atom stereocenters. The molecule has 2 amide bonds. The lowest BCUT2D eigenvalue weighted by atomic mass is 9.86. The molecule has 0 spiro atoms. The average molecular weight is 384 g/mol. The van der Waals surface area contributed by atoms with Crippen molar-refractivity contribution in [3.63, 3.8) is 0 Å². The molecule has 7 heteroatoms. The van der Waals surface area contributed by atoms with Crippen LogP contribution in [0.2, 0.25) is 0 Å². The summed E-state index contributed by atoms with van der Waals surface area (Å²) in [6.07, 6.45) is 6.02. The first-order valence-corrected chi connectivity index (χ1v) is 9.92. The Morgan fingerprint density at radius 3 is 2.57 bits per heavy atom. The molecule has 150 valence electrons. The molecule has 0 aliphatic heterocycles. The van der Waals surface area contributed by atoms with Gasteiger partial charge in [-0.05, 0) is 50.7 Å². The summed E-state index contributed by atoms with van der Waals surface area (Å²) in [7, 11) is 0. The number of carbonyl (C=O) groups is 2. The van der Waals surface area contributed by atoms with E-state index >= 15 is 0 Å². The third kappa shape index (κ3) is 4.52. The Hall–Kier alpha value is -2.83. The predicted octanol–water partition coefficient (Wildman–Crippen LogP) is 3.90. The minimum Gasteiger partial charge on any atom is -0.481 e. The van der Waals surface area contributed by atoms with Gasteiger partial charge in [-0.15, -0.1) is 0 Å². The number of aliphatic carboxylic acids is 1. The number of anilines is 1. The molecular formula is C21H28N4O3. The molecule has 1 saturated carbocycles. The molecule has 1 heterocycles. The van der Waals surface area contributed by atoms with Crippen LogP contribution in [0.3, 0.4) is 0 Å². The number of carboxylic acids is 1. The summed E-state index contributed by atoms with van der Waals surface area (Å²) in [5, 5.41) is 19.5. The monoisotopic (exact) mass is 384 g/mol. The van der Waals surface area contributed by atoms with Crippen molar-refractivity contribution in [2.24, 2.45) is 5.92 Å². The molecule has 0 unspecified atom stereocenters. The largest absolute Gasteiger partial charge is 0.481 e. The first kappa shape index (κ1) is 19.9. The van der Waals surface area contributed by atoms with Gasteiger partial charge < -0.3 is 15.7 Å². The van der Waals surface area contributed by atoms with E-state index in [9.17, 15) is 9.59 Å². The van der Waals surface area contributed by atoms with Crippen LogP contribution in [0, 0.1) is 12.8 Å². The second-order valence-electron chi connectivity index (χ2n) is 7.44. The fraction of sp³-hybridized carbons (Fsp3) is 0.476. The molecule has 0 radical (unpaired) electrons. The number of carboxylic acid groups (broad SMARTS) is 1. The number of benzene rings is 1. The van der Waals surface area contributed by atoms with Crippen LogP contribution in [0.15, 0.2) is 30.5 Å². The van der Waals surface area contributed by atoms with Crippen LogP contribution >= 0.6 is 0 Å². The van der Waals surface area contributed by atoms with Gasteiger partial charge in [0.15, 0.2) is 0 Å². The number of aryl methyl sites for hydroxylation is 1. The normalized spacial score (nSPS) is 19.2. The number of amides is 2. The zero-order valence-electron chi connectivity index (χ0n) is 16.4. The highest BCUT2D eigenvalue weighted by atomic mass is 16.4. The summed E-state index contributed by atoms with van der Waals surface area (Å²) in [5.41, 5.74) is 3.81. The molecular weight excluding hydrogens is 356 g/mol. The van der Waals surface area contributed by atoms with E-state index in [0.717, 1.165) is 29.8 Å². The maximum absolute atomic E-state index is 12.5. The second-order valence-corrected chi connectivity index (χ2v) is 7.44. The maximum atomic E-state index is 12.5. The van der Waals surface area contributed by atoms with E-state index in [4.69, 9.17) is 5.11 Å². The molecule has 28 heavy (non-hydrogen) atoms. The van der Waals surface area contributed by atoms with Crippen LogP contribution in [0.4, 0.5) is 10.5 Å². The number of aromatic nitrogens is 2. The minimum atomic E-state index is -0.740. The van der Waals surface area contributed by atoms with Crippen molar-refractivity contribution in [3.8, 4) is 5.69 Å². The number of carbonyl (C=O) groups excluding carboxylic acids is 1. The van der Waals surface area contributed by atoms with Crippen molar-refractivity contribution in [1.29, 1.82) is 0 Å². The predicted molar refractivity (Wildman–Crippen MR) is 108 cm³/mol. The van der Waals surface area contributed by atoms with Gasteiger partial charge in [-0.1, -0.05) is 31.5 Å². The van der Waals surface area contributed by atoms with Gasteiger partial charge in [-0.3, -0.25) is 4.79 Å². The van der Waals surface area contributed by atoms with Crippen LogP contribution in [0.25, 0.3) is 5.69 Å². The lowest BCUT2D eigenvalue weighted by Crippen LogP contribution is -2.41. The van der Waals surface area contributed by atoms with Gasteiger partial charge in [0.1, 0.15) is 0 Å². The van der Waals surface area contributed by atoms with Gasteiger partial charge in [0.25, 0.3) is 0 Å². The molecule has 3 rings (SSSR count). The molecule has 2 aromatic rings. The van der Waals surface area contributed by atoms with Crippen molar-refractivity contribution >= 4 is 17.7 Å². The van der Waals surface area contributed by atoms with E-state index in [0.29, 0.717) is 31.4 Å². The van der Waals surface area contributed by atoms with Crippen molar-refractivity contribution in [2.75, 3.05) is 5.32 Å². The molecule has 1 aromatic heterocycles. The Morgan fingerprint density at radius 2 is 1.93 bits per heavy atom. The van der Waals surface area contributed by atoms with E-state index in [-0.39, 0.29) is 18.0 Å². The van der Waals surface area contributed by atoms with Gasteiger partial charge in [0, 0.05) is 6.04 Å². The van der Waals surface area contributed by atoms with Gasteiger partial charge in [-0.25, -0.2) is 9.48 Å². The van der Waals surface area contributed by atoms with E-state index < -0.39 is 5.97 Å². The van der Waals surface area contributed by atoms with Gasteiger partial charge in [-0.2, -0.15) is 5.10 Å². The zero-order chi connectivity index (χ0) is 20.1. The third-order valence-electron chi connectivity index (χ3n) is 5.36. The molecule has 3 N–H and O–H groups in total. The van der Waals surface area contributed by atoms with E-state index in [1.807, 2.05) is 35.9 Å². The molecule has 1 aromatic carbocycles. The number of rotatable bonds is 6. The van der Waals surface area contributed by atoms with Gasteiger partial charge in [0.2, 0.25) is 0 Å². The Balaban J connectivity index is 1.68. The number of hydrogen-bond acceptors (Lipinski definition) is 3. The second kappa shape index (κ2) is 8.91. The third-order valence-corrected chi connectivity index (χ3v) is 5.36. The summed E-state index contributed by atoms with van der Waals surface area (Å²) in [6, 6.07) is 7.78. The molecule has 0 saturated heterocycles. The molecule has 1 aliphatic carbocycles. The highest BCUT2D eigenvalue weighted by Crippen LogP contribution is 2.25. The summed E-state index contributed by atoms with van der Waals surface area (Å²) in [5.74, 6) is -1.03. The number of nitrogens with one attached hydrogen (secondary N) is 2. The lowest BCUT2D eigenvalue weighted by Gasteiger charge is -2.26. The summed E-state index contributed by atoms with van der Waals surface area (Å²) in [6.45, 7) is 4.14. The van der Waals surface area contributed by atoms with Crippen LogP contribution in [0.1, 0.15) is 50.3 Å². The Bertz CT molecular complexity index is 838. The van der Waals surface area contributed by atoms with Gasteiger partial charge in [0.05, 0.1) is 29.2 Å². The number of nitrogens with zero attached hydrogens (tertiary/aromatic N) is 2. The van der Waals surface area contributed by atoms with Crippen LogP contribution < -0.4 is 10.6 Å². The highest BCUT2D eigenvalue weighted by Gasteiger charge is 2.27. The smallest absolute Gasteiger partial charge is 0.319 e. The molecule has 0 bridgehead atoms. The number of urea groups is 1. The molecule has 1 aliphatic rings. The quantitative estimate of drug-likeness (QED) is 0.704. The highest BCUT2D eigenvalue weighted by molar-refractivity contribution is 5.90. The van der Waals surface area contributed by atoms with Crippen molar-refractivity contribution in [3.05, 3.63) is 41.7 Å². The average Bonchev–Trinajstić information content (AvgIpc) is 3.05. The maximum Gasteiger partial charge on any atom is 0.319 e. The first-order valence-electron chi connectivity index (χ1n) is 9.92. The van der Waals surface area contributed by atoms with E-state index in [2.05, 4.69) is 22.7 Å². The van der Waals surface area contributed by atoms with E-state index in [1.165, 1.54) is 0 Å². The SMILES string of the molecule is CCCc1c(NC(=O)NC2CCC(C(=O)O)CC2)cnn1-c1ccccc1C. The van der Waals surface area contributed by atoms with Crippen LogP contribution in [0.5, 0.6) is 0 Å². The van der Waals surface area contributed by atoms with Crippen molar-refractivity contribution in [1.82, 2.24) is 15.1 Å². The van der Waals surface area contributed by atoms with Crippen molar-refractivity contribution in [2.45, 2.75) is 58.4 Å². The fourth-order valence-corrected chi connectivity index (χ4v) is 3.79. The topological polar surface area (TPSA) is 96.2 Å². The Morgan fingerprint density at radius 1 is 1.21 bits per heavy atom. The standard InChI is InChI=1S/C21H28N4O3/c1-3-6-19-17(13-22-25(19)18-8-5-4-7-14(18)2)24-21(28)23-16-11-9-15(10-12-16)20(26)27/h4-5,7-8,13,15-16H,3,6,9-12H2,1-2H3,(H,26,27)(H2,23,24,28). The zero-order valence-corrected chi connectivity index (χ0v) is 16.4. The van der Waals surface area contributed by atoms with Crippen molar-refractivity contribution < 1.29 is 14.7 Å². The van der Waals surface area contributed by atoms with E-state index in [1.54, 1.807) is 6.20 Å². The molecule has 1 fully saturated rings. The number of hydrogen-bond donors (Lipinski definition) is 3. The van der Waals surface area contributed by atoms with Gasteiger partial charge >= 0.3 is 12.0 Å². The summed E-state index contributed by atoms with van der Waals surface area (Å²) < 4.78 is 1.90. The minimum absolute atomic E-state index is 0.0108.